The summed E-state index contributed by atoms with van der Waals surface area (Å²) in [6.45, 7) is 5.87. The van der Waals surface area contributed by atoms with Crippen molar-refractivity contribution in [3.63, 3.8) is 0 Å². The normalized spacial score (nSPS) is 14.6. The summed E-state index contributed by atoms with van der Waals surface area (Å²) < 4.78 is 0. The van der Waals surface area contributed by atoms with Gasteiger partial charge in [-0.05, 0) is 56.9 Å². The smallest absolute Gasteiger partial charge is 0.274 e. The first-order chi connectivity index (χ1) is 11.5. The van der Waals surface area contributed by atoms with Crippen LogP contribution in [0.4, 0.5) is 11.6 Å². The second kappa shape index (κ2) is 6.99. The van der Waals surface area contributed by atoms with Gasteiger partial charge in [-0.25, -0.2) is 9.97 Å². The van der Waals surface area contributed by atoms with Crippen LogP contribution in [0.2, 0.25) is 0 Å². The Kier molecular flexibility index (Phi) is 4.79. The summed E-state index contributed by atoms with van der Waals surface area (Å²) in [5, 5.41) is 6.32. The molecule has 0 atom stereocenters. The lowest BCUT2D eigenvalue weighted by Crippen LogP contribution is -2.20. The van der Waals surface area contributed by atoms with E-state index in [9.17, 15) is 4.79 Å². The first-order valence-electron chi connectivity index (χ1n) is 8.52. The lowest BCUT2D eigenvalue weighted by Gasteiger charge is -2.14. The largest absolute Gasteiger partial charge is 0.351 e. The van der Waals surface area contributed by atoms with Crippen molar-refractivity contribution in [2.24, 2.45) is 0 Å². The molecule has 5 heteroatoms. The van der Waals surface area contributed by atoms with E-state index in [0.29, 0.717) is 17.7 Å². The maximum Gasteiger partial charge on any atom is 0.274 e. The Morgan fingerprint density at radius 2 is 1.83 bits per heavy atom. The minimum atomic E-state index is -0.205. The van der Waals surface area contributed by atoms with E-state index in [1.54, 1.807) is 6.07 Å². The summed E-state index contributed by atoms with van der Waals surface area (Å²) in [6, 6.07) is 8.15. The van der Waals surface area contributed by atoms with Gasteiger partial charge in [-0.1, -0.05) is 25.0 Å². The van der Waals surface area contributed by atoms with E-state index in [1.165, 1.54) is 12.8 Å². The van der Waals surface area contributed by atoms with Gasteiger partial charge in [0, 0.05) is 17.4 Å². The van der Waals surface area contributed by atoms with Crippen LogP contribution in [0.5, 0.6) is 0 Å². The Hall–Kier alpha value is -2.43. The average molecular weight is 324 g/mol. The van der Waals surface area contributed by atoms with Crippen LogP contribution in [0.1, 0.15) is 53.0 Å². The van der Waals surface area contributed by atoms with Crippen LogP contribution in [0.3, 0.4) is 0 Å². The average Bonchev–Trinajstić information content (AvgIpc) is 3.03. The molecule has 0 radical (unpaired) electrons. The molecule has 3 rings (SSSR count). The maximum absolute atomic E-state index is 12.6. The summed E-state index contributed by atoms with van der Waals surface area (Å²) in [6.07, 6.45) is 4.76. The number of carbonyl (C=O) groups excluding carboxylic acids is 1. The number of aryl methyl sites for hydroxylation is 3. The highest BCUT2D eigenvalue weighted by atomic mass is 16.1. The fourth-order valence-electron chi connectivity index (χ4n) is 3.06. The van der Waals surface area contributed by atoms with Crippen molar-refractivity contribution < 1.29 is 4.79 Å². The molecule has 0 aliphatic heterocycles. The van der Waals surface area contributed by atoms with Crippen LogP contribution >= 0.6 is 0 Å². The highest BCUT2D eigenvalue weighted by Gasteiger charge is 2.17. The zero-order valence-electron chi connectivity index (χ0n) is 14.5. The number of benzene rings is 1. The molecule has 5 nitrogen and oxygen atoms in total. The molecule has 0 saturated heterocycles. The van der Waals surface area contributed by atoms with Gasteiger partial charge in [0.2, 0.25) is 5.95 Å². The van der Waals surface area contributed by atoms with E-state index < -0.39 is 0 Å². The van der Waals surface area contributed by atoms with E-state index in [0.717, 1.165) is 35.3 Å². The van der Waals surface area contributed by atoms with Gasteiger partial charge in [0.15, 0.2) is 0 Å². The molecule has 1 aromatic carbocycles. The zero-order valence-corrected chi connectivity index (χ0v) is 14.5. The van der Waals surface area contributed by atoms with E-state index in [1.807, 2.05) is 39.0 Å². The van der Waals surface area contributed by atoms with E-state index >= 15 is 0 Å². The fraction of sp³-hybridized carbons (Fsp3) is 0.421. The molecule has 126 valence electrons. The molecular formula is C19H24N4O. The van der Waals surface area contributed by atoms with Crippen LogP contribution in [-0.4, -0.2) is 21.9 Å². The molecule has 2 aromatic rings. The van der Waals surface area contributed by atoms with Gasteiger partial charge < -0.3 is 10.6 Å². The quantitative estimate of drug-likeness (QED) is 0.892. The molecule has 1 aliphatic carbocycles. The monoisotopic (exact) mass is 324 g/mol. The van der Waals surface area contributed by atoms with E-state index in [2.05, 4.69) is 20.6 Å². The predicted molar refractivity (Wildman–Crippen MR) is 96.5 cm³/mol. The number of amides is 1. The van der Waals surface area contributed by atoms with Crippen LogP contribution in [-0.2, 0) is 0 Å². The number of nitrogens with zero attached hydrogens (tertiary/aromatic N) is 2. The molecule has 1 heterocycles. The van der Waals surface area contributed by atoms with E-state index in [4.69, 9.17) is 0 Å². The summed E-state index contributed by atoms with van der Waals surface area (Å²) in [5.41, 5.74) is 4.14. The van der Waals surface area contributed by atoms with Crippen molar-refractivity contribution in [3.05, 3.63) is 46.8 Å². The number of hydrogen-bond donors (Lipinski definition) is 2. The lowest BCUT2D eigenvalue weighted by molar-refractivity contribution is 0.102. The van der Waals surface area contributed by atoms with Gasteiger partial charge in [0.1, 0.15) is 5.69 Å². The Balaban J connectivity index is 1.78. The summed E-state index contributed by atoms with van der Waals surface area (Å²) in [7, 11) is 0. The third-order valence-electron chi connectivity index (χ3n) is 4.42. The van der Waals surface area contributed by atoms with Crippen molar-refractivity contribution in [2.75, 3.05) is 10.6 Å². The zero-order chi connectivity index (χ0) is 17.1. The number of hydrogen-bond acceptors (Lipinski definition) is 4. The highest BCUT2D eigenvalue weighted by Crippen LogP contribution is 2.21. The van der Waals surface area contributed by atoms with Crippen molar-refractivity contribution in [1.82, 2.24) is 9.97 Å². The van der Waals surface area contributed by atoms with Crippen LogP contribution < -0.4 is 10.6 Å². The molecular weight excluding hydrogens is 300 g/mol. The number of aromatic nitrogens is 2. The number of anilines is 2. The molecule has 0 unspecified atom stereocenters. The van der Waals surface area contributed by atoms with Crippen molar-refractivity contribution in [3.8, 4) is 0 Å². The molecule has 1 aromatic heterocycles. The third-order valence-corrected chi connectivity index (χ3v) is 4.42. The van der Waals surface area contributed by atoms with Gasteiger partial charge in [0.25, 0.3) is 5.91 Å². The summed E-state index contributed by atoms with van der Waals surface area (Å²) in [4.78, 5) is 21.4. The van der Waals surface area contributed by atoms with Crippen LogP contribution in [0, 0.1) is 20.8 Å². The molecule has 1 amide bonds. The van der Waals surface area contributed by atoms with Gasteiger partial charge in [0.05, 0.1) is 0 Å². The van der Waals surface area contributed by atoms with Gasteiger partial charge in [-0.2, -0.15) is 0 Å². The Labute approximate surface area is 142 Å². The van der Waals surface area contributed by atoms with Gasteiger partial charge in [-0.15, -0.1) is 0 Å². The minimum Gasteiger partial charge on any atom is -0.351 e. The third kappa shape index (κ3) is 3.91. The second-order valence-electron chi connectivity index (χ2n) is 6.62. The maximum atomic E-state index is 12.6. The molecule has 24 heavy (non-hydrogen) atoms. The second-order valence-corrected chi connectivity index (χ2v) is 6.62. The van der Waals surface area contributed by atoms with Gasteiger partial charge >= 0.3 is 0 Å². The predicted octanol–water partition coefficient (Wildman–Crippen LogP) is 4.01. The van der Waals surface area contributed by atoms with Crippen molar-refractivity contribution in [1.29, 1.82) is 0 Å². The van der Waals surface area contributed by atoms with E-state index in [-0.39, 0.29) is 5.91 Å². The molecule has 0 bridgehead atoms. The molecule has 1 fully saturated rings. The number of carbonyl (C=O) groups is 1. The Morgan fingerprint density at radius 1 is 1.08 bits per heavy atom. The first-order valence-corrected chi connectivity index (χ1v) is 8.52. The van der Waals surface area contributed by atoms with Crippen LogP contribution in [0.15, 0.2) is 24.3 Å². The molecule has 1 saturated carbocycles. The van der Waals surface area contributed by atoms with Crippen molar-refractivity contribution >= 4 is 17.5 Å². The summed E-state index contributed by atoms with van der Waals surface area (Å²) >= 11 is 0. The lowest BCUT2D eigenvalue weighted by atomic mass is 10.1. The van der Waals surface area contributed by atoms with Gasteiger partial charge in [-0.3, -0.25) is 4.79 Å². The van der Waals surface area contributed by atoms with Crippen LogP contribution in [0.25, 0.3) is 0 Å². The standard InChI is InChI=1S/C19H24N4O/c1-12-8-9-13(2)16(10-12)22-18(24)17-11-14(3)20-19(23-17)21-15-6-4-5-7-15/h8-11,15H,4-7H2,1-3H3,(H,22,24)(H,20,21,23). The first kappa shape index (κ1) is 16.4. The van der Waals surface area contributed by atoms with Crippen molar-refractivity contribution in [2.45, 2.75) is 52.5 Å². The Bertz CT molecular complexity index is 751. The highest BCUT2D eigenvalue weighted by molar-refractivity contribution is 6.03. The Morgan fingerprint density at radius 3 is 2.58 bits per heavy atom. The number of nitrogens with one attached hydrogen (secondary N) is 2. The summed E-state index contributed by atoms with van der Waals surface area (Å²) in [5.74, 6) is 0.344. The number of rotatable bonds is 4. The molecule has 2 N–H and O–H groups in total. The SMILES string of the molecule is Cc1ccc(C)c(NC(=O)c2cc(C)nc(NC3CCCC3)n2)c1. The molecule has 1 aliphatic rings. The fourth-order valence-corrected chi connectivity index (χ4v) is 3.06. The molecule has 0 spiro atoms. The topological polar surface area (TPSA) is 66.9 Å². The minimum absolute atomic E-state index is 0.205.